The van der Waals surface area contributed by atoms with Crippen LogP contribution in [0, 0.1) is 5.82 Å². The van der Waals surface area contributed by atoms with Gasteiger partial charge in [0.25, 0.3) is 0 Å². The molecule has 2 rings (SSSR count). The Hall–Kier alpha value is -0.980. The molecule has 2 N–H and O–H groups in total. The van der Waals surface area contributed by atoms with Crippen LogP contribution in [0.25, 0.3) is 0 Å². The molecule has 1 aromatic carbocycles. The fraction of sp³-hybridized carbons (Fsp3) is 0.0833. The number of ether oxygens (including phenoxy) is 1. The van der Waals surface area contributed by atoms with Crippen molar-refractivity contribution in [2.75, 3.05) is 0 Å². The summed E-state index contributed by atoms with van der Waals surface area (Å²) in [5, 5.41) is 0. The molecule has 0 saturated heterocycles. The molecule has 0 aliphatic carbocycles. The second-order valence-corrected chi connectivity index (χ2v) is 5.23. The van der Waals surface area contributed by atoms with Gasteiger partial charge in [0, 0.05) is 22.8 Å². The molecule has 94 valence electrons. The third-order valence-electron chi connectivity index (χ3n) is 2.26. The molecule has 0 amide bonds. The van der Waals surface area contributed by atoms with Crippen LogP contribution in [0.5, 0.6) is 11.6 Å². The molecule has 0 bridgehead atoms. The molecule has 0 aliphatic heterocycles. The molecule has 0 radical (unpaired) electrons. The third-order valence-corrected chi connectivity index (χ3v) is 3.26. The molecule has 0 spiro atoms. The van der Waals surface area contributed by atoms with Gasteiger partial charge in [-0.15, -0.1) is 0 Å². The van der Waals surface area contributed by atoms with Gasteiger partial charge in [-0.05, 0) is 50.1 Å². The second kappa shape index (κ2) is 5.77. The summed E-state index contributed by atoms with van der Waals surface area (Å²) in [5.74, 6) is 0.342. The van der Waals surface area contributed by atoms with Gasteiger partial charge >= 0.3 is 0 Å². The standard InChI is InChI=1S/C12H9Br2FN2O/c13-7-4-9(14)12(17-6-7)18-11-3-1-2-10(15)8(11)5-16/h1-4,6H,5,16H2. The normalized spacial score (nSPS) is 10.4. The van der Waals surface area contributed by atoms with Gasteiger partial charge in [-0.2, -0.15) is 0 Å². The first-order valence-electron chi connectivity index (χ1n) is 5.08. The van der Waals surface area contributed by atoms with Crippen molar-refractivity contribution in [3.8, 4) is 11.6 Å². The van der Waals surface area contributed by atoms with Crippen molar-refractivity contribution in [1.29, 1.82) is 0 Å². The van der Waals surface area contributed by atoms with Crippen LogP contribution >= 0.6 is 31.9 Å². The first-order valence-corrected chi connectivity index (χ1v) is 6.66. The summed E-state index contributed by atoms with van der Waals surface area (Å²) in [7, 11) is 0. The van der Waals surface area contributed by atoms with E-state index in [9.17, 15) is 4.39 Å². The van der Waals surface area contributed by atoms with Gasteiger partial charge in [0.2, 0.25) is 5.88 Å². The lowest BCUT2D eigenvalue weighted by molar-refractivity contribution is 0.447. The van der Waals surface area contributed by atoms with Gasteiger partial charge in [0.1, 0.15) is 11.6 Å². The molecule has 3 nitrogen and oxygen atoms in total. The lowest BCUT2D eigenvalue weighted by Gasteiger charge is -2.11. The molecule has 6 heteroatoms. The summed E-state index contributed by atoms with van der Waals surface area (Å²) >= 11 is 6.62. The van der Waals surface area contributed by atoms with E-state index in [0.29, 0.717) is 21.7 Å². The largest absolute Gasteiger partial charge is 0.437 e. The summed E-state index contributed by atoms with van der Waals surface area (Å²) < 4.78 is 20.6. The number of nitrogens with zero attached hydrogens (tertiary/aromatic N) is 1. The Morgan fingerprint density at radius 2 is 2.11 bits per heavy atom. The van der Waals surface area contributed by atoms with E-state index in [1.54, 1.807) is 24.4 Å². The first-order chi connectivity index (χ1) is 8.61. The lowest BCUT2D eigenvalue weighted by atomic mass is 10.2. The maximum absolute atomic E-state index is 13.5. The number of rotatable bonds is 3. The van der Waals surface area contributed by atoms with Crippen molar-refractivity contribution < 1.29 is 9.13 Å². The van der Waals surface area contributed by atoms with Gasteiger partial charge in [-0.25, -0.2) is 9.37 Å². The van der Waals surface area contributed by atoms with Crippen molar-refractivity contribution in [3.05, 3.63) is 50.8 Å². The number of aromatic nitrogens is 1. The molecule has 0 unspecified atom stereocenters. The zero-order valence-corrected chi connectivity index (χ0v) is 12.3. The topological polar surface area (TPSA) is 48.1 Å². The number of pyridine rings is 1. The van der Waals surface area contributed by atoms with E-state index in [-0.39, 0.29) is 12.4 Å². The average Bonchev–Trinajstić information content (AvgIpc) is 2.33. The number of hydrogen-bond donors (Lipinski definition) is 1. The molecule has 0 aliphatic rings. The molecule has 1 aromatic heterocycles. The van der Waals surface area contributed by atoms with E-state index in [4.69, 9.17) is 10.5 Å². The molecular weight excluding hydrogens is 367 g/mol. The average molecular weight is 376 g/mol. The fourth-order valence-corrected chi connectivity index (χ4v) is 2.48. The van der Waals surface area contributed by atoms with Crippen molar-refractivity contribution in [1.82, 2.24) is 4.98 Å². The van der Waals surface area contributed by atoms with Crippen LogP contribution in [-0.2, 0) is 6.54 Å². The van der Waals surface area contributed by atoms with Gasteiger partial charge in [-0.1, -0.05) is 6.07 Å². The van der Waals surface area contributed by atoms with E-state index in [1.807, 2.05) is 0 Å². The monoisotopic (exact) mass is 374 g/mol. The van der Waals surface area contributed by atoms with E-state index >= 15 is 0 Å². The molecule has 2 aromatic rings. The lowest BCUT2D eigenvalue weighted by Crippen LogP contribution is -2.03. The quantitative estimate of drug-likeness (QED) is 0.882. The Kier molecular flexibility index (Phi) is 4.31. The Morgan fingerprint density at radius 3 is 2.78 bits per heavy atom. The first kappa shape index (κ1) is 13.5. The predicted octanol–water partition coefficient (Wildman–Crippen LogP) is 4.00. The third kappa shape index (κ3) is 2.88. The van der Waals surface area contributed by atoms with Gasteiger partial charge in [0.15, 0.2) is 0 Å². The molecule has 0 fully saturated rings. The van der Waals surface area contributed by atoms with Crippen LogP contribution < -0.4 is 10.5 Å². The van der Waals surface area contributed by atoms with Crippen LogP contribution in [0.1, 0.15) is 5.56 Å². The van der Waals surface area contributed by atoms with E-state index in [1.165, 1.54) is 6.07 Å². The SMILES string of the molecule is NCc1c(F)cccc1Oc1ncc(Br)cc1Br. The summed E-state index contributed by atoms with van der Waals surface area (Å²) in [6.45, 7) is 0.0656. The van der Waals surface area contributed by atoms with Crippen molar-refractivity contribution in [2.45, 2.75) is 6.54 Å². The van der Waals surface area contributed by atoms with Crippen LogP contribution in [0.4, 0.5) is 4.39 Å². The Labute approximate surface area is 120 Å². The van der Waals surface area contributed by atoms with Gasteiger partial charge in [-0.3, -0.25) is 0 Å². The zero-order valence-electron chi connectivity index (χ0n) is 9.16. The number of hydrogen-bond acceptors (Lipinski definition) is 3. The van der Waals surface area contributed by atoms with E-state index in [2.05, 4.69) is 36.8 Å². The highest BCUT2D eigenvalue weighted by Gasteiger charge is 2.11. The van der Waals surface area contributed by atoms with Crippen molar-refractivity contribution >= 4 is 31.9 Å². The minimum Gasteiger partial charge on any atom is -0.437 e. The molecule has 18 heavy (non-hydrogen) atoms. The molecule has 0 saturated carbocycles. The van der Waals surface area contributed by atoms with E-state index in [0.717, 1.165) is 4.47 Å². The van der Waals surface area contributed by atoms with E-state index < -0.39 is 0 Å². The number of benzene rings is 1. The van der Waals surface area contributed by atoms with Crippen LogP contribution in [0.3, 0.4) is 0 Å². The molecule has 1 heterocycles. The minimum absolute atomic E-state index is 0.0656. The van der Waals surface area contributed by atoms with Crippen LogP contribution in [0.15, 0.2) is 39.4 Å². The maximum atomic E-state index is 13.5. The summed E-state index contributed by atoms with van der Waals surface area (Å²) in [6.07, 6.45) is 1.60. The number of nitrogens with two attached hydrogens (primary N) is 1. The Balaban J connectivity index is 2.37. The highest BCUT2D eigenvalue weighted by Crippen LogP contribution is 2.31. The van der Waals surface area contributed by atoms with Gasteiger partial charge in [0.05, 0.1) is 4.47 Å². The number of halogens is 3. The summed E-state index contributed by atoms with van der Waals surface area (Å²) in [6, 6.07) is 6.36. The molecular formula is C12H9Br2FN2O. The fourth-order valence-electron chi connectivity index (χ4n) is 1.41. The van der Waals surface area contributed by atoms with Crippen LogP contribution in [-0.4, -0.2) is 4.98 Å². The highest BCUT2D eigenvalue weighted by atomic mass is 79.9. The highest BCUT2D eigenvalue weighted by molar-refractivity contribution is 9.11. The second-order valence-electron chi connectivity index (χ2n) is 3.46. The zero-order chi connectivity index (χ0) is 13.1. The smallest absolute Gasteiger partial charge is 0.233 e. The molecule has 0 atom stereocenters. The van der Waals surface area contributed by atoms with Crippen molar-refractivity contribution in [2.24, 2.45) is 5.73 Å². The summed E-state index contributed by atoms with van der Waals surface area (Å²) in [4.78, 5) is 4.10. The van der Waals surface area contributed by atoms with Crippen LogP contribution in [0.2, 0.25) is 0 Å². The predicted molar refractivity (Wildman–Crippen MR) is 74.0 cm³/mol. The minimum atomic E-state index is -0.386. The van der Waals surface area contributed by atoms with Gasteiger partial charge < -0.3 is 10.5 Å². The Morgan fingerprint density at radius 1 is 1.33 bits per heavy atom. The van der Waals surface area contributed by atoms with Crippen molar-refractivity contribution in [3.63, 3.8) is 0 Å². The maximum Gasteiger partial charge on any atom is 0.233 e. The summed E-state index contributed by atoms with van der Waals surface area (Å²) in [5.41, 5.74) is 5.84. The Bertz CT molecular complexity index is 578.